The standard InChI is InChI=1S/C29H30N2O4.ClH/c1-32-26-17-20(18-27(33-2)28(26)34-3)7-6-16-35-23-12-10-21(11-13-23)25-19-22-8-4-5-9-24(22)29-30-14-15-31(25)29;/h4-5,8-13,17-19H,6-7,14-16H2,1-3H3;1H. The summed E-state index contributed by atoms with van der Waals surface area (Å²) in [5.41, 5.74) is 5.89. The Morgan fingerprint density at radius 3 is 2.31 bits per heavy atom. The molecule has 3 aromatic rings. The van der Waals surface area contributed by atoms with E-state index in [9.17, 15) is 0 Å². The summed E-state index contributed by atoms with van der Waals surface area (Å²) >= 11 is 0. The van der Waals surface area contributed by atoms with Crippen LogP contribution >= 0.6 is 12.4 Å². The van der Waals surface area contributed by atoms with E-state index in [1.54, 1.807) is 21.3 Å². The predicted octanol–water partition coefficient (Wildman–Crippen LogP) is 5.72. The molecule has 6 nitrogen and oxygen atoms in total. The highest BCUT2D eigenvalue weighted by molar-refractivity contribution is 6.12. The largest absolute Gasteiger partial charge is 0.494 e. The zero-order valence-electron chi connectivity index (χ0n) is 20.8. The SMILES string of the molecule is COc1cc(CCCOc2ccc(C3=Cc4ccccc4C4=NCCN34)cc2)cc(OC)c1OC.Cl. The summed E-state index contributed by atoms with van der Waals surface area (Å²) in [5, 5.41) is 0. The van der Waals surface area contributed by atoms with Gasteiger partial charge in [-0.2, -0.15) is 0 Å². The maximum atomic E-state index is 6.03. The zero-order valence-corrected chi connectivity index (χ0v) is 21.6. The first-order valence-electron chi connectivity index (χ1n) is 11.9. The number of rotatable bonds is 9. The molecule has 0 radical (unpaired) electrons. The molecule has 0 atom stereocenters. The van der Waals surface area contributed by atoms with E-state index in [1.165, 1.54) is 22.4 Å². The van der Waals surface area contributed by atoms with Crippen molar-refractivity contribution >= 4 is 30.0 Å². The third kappa shape index (κ3) is 5.00. The Morgan fingerprint density at radius 2 is 1.61 bits per heavy atom. The second-order valence-corrected chi connectivity index (χ2v) is 8.48. The van der Waals surface area contributed by atoms with Gasteiger partial charge in [-0.1, -0.05) is 24.3 Å². The van der Waals surface area contributed by atoms with Gasteiger partial charge >= 0.3 is 0 Å². The minimum Gasteiger partial charge on any atom is -0.494 e. The molecular formula is C29H31ClN2O4. The fraction of sp³-hybridized carbons (Fsp3) is 0.276. The minimum atomic E-state index is 0. The average molecular weight is 507 g/mol. The summed E-state index contributed by atoms with van der Waals surface area (Å²) in [6.07, 6.45) is 3.97. The highest BCUT2D eigenvalue weighted by Crippen LogP contribution is 2.38. The van der Waals surface area contributed by atoms with Gasteiger partial charge < -0.3 is 23.8 Å². The Balaban J connectivity index is 0.00000304. The molecule has 0 aliphatic carbocycles. The van der Waals surface area contributed by atoms with Gasteiger partial charge in [0.2, 0.25) is 5.75 Å². The Kier molecular flexibility index (Phi) is 8.06. The number of nitrogens with zero attached hydrogens (tertiary/aromatic N) is 2. The van der Waals surface area contributed by atoms with Gasteiger partial charge in [0.05, 0.1) is 40.2 Å². The number of hydrogen-bond acceptors (Lipinski definition) is 6. The number of aliphatic imine (C=N–C) groups is 1. The van der Waals surface area contributed by atoms with Crippen LogP contribution in [-0.4, -0.2) is 51.8 Å². The summed E-state index contributed by atoms with van der Waals surface area (Å²) < 4.78 is 22.3. The molecule has 188 valence electrons. The lowest BCUT2D eigenvalue weighted by molar-refractivity contribution is 0.309. The van der Waals surface area contributed by atoms with Crippen molar-refractivity contribution in [3.8, 4) is 23.0 Å². The molecule has 36 heavy (non-hydrogen) atoms. The molecule has 0 saturated heterocycles. The van der Waals surface area contributed by atoms with Crippen molar-refractivity contribution < 1.29 is 18.9 Å². The molecule has 2 aliphatic heterocycles. The van der Waals surface area contributed by atoms with Gasteiger partial charge in [-0.3, -0.25) is 4.99 Å². The lowest BCUT2D eigenvalue weighted by atomic mass is 9.97. The first kappa shape index (κ1) is 25.5. The number of amidine groups is 1. The first-order chi connectivity index (χ1) is 17.2. The average Bonchev–Trinajstić information content (AvgIpc) is 3.41. The van der Waals surface area contributed by atoms with Crippen LogP contribution in [0.15, 0.2) is 65.7 Å². The van der Waals surface area contributed by atoms with Crippen molar-refractivity contribution in [3.05, 3.63) is 82.9 Å². The molecular weight excluding hydrogens is 476 g/mol. The summed E-state index contributed by atoms with van der Waals surface area (Å²) in [7, 11) is 4.88. The number of aryl methyl sites for hydroxylation is 1. The topological polar surface area (TPSA) is 52.5 Å². The molecule has 0 unspecified atom stereocenters. The van der Waals surface area contributed by atoms with Crippen LogP contribution < -0.4 is 18.9 Å². The number of halogens is 1. The van der Waals surface area contributed by atoms with Crippen LogP contribution in [0.25, 0.3) is 11.8 Å². The zero-order chi connectivity index (χ0) is 24.2. The normalized spacial score (nSPS) is 13.6. The summed E-state index contributed by atoms with van der Waals surface area (Å²) in [6.45, 7) is 2.36. The minimum absolute atomic E-state index is 0. The van der Waals surface area contributed by atoms with Gasteiger partial charge in [0.25, 0.3) is 0 Å². The third-order valence-electron chi connectivity index (χ3n) is 6.38. The molecule has 0 bridgehead atoms. The maximum absolute atomic E-state index is 6.03. The van der Waals surface area contributed by atoms with Crippen molar-refractivity contribution in [1.29, 1.82) is 0 Å². The van der Waals surface area contributed by atoms with Crippen molar-refractivity contribution in [1.82, 2.24) is 4.90 Å². The van der Waals surface area contributed by atoms with Gasteiger partial charge in [-0.15, -0.1) is 12.4 Å². The van der Waals surface area contributed by atoms with Crippen LogP contribution in [0.1, 0.15) is 28.7 Å². The van der Waals surface area contributed by atoms with Gasteiger partial charge in [0, 0.05) is 12.1 Å². The molecule has 0 fully saturated rings. The number of methoxy groups -OCH3 is 3. The Morgan fingerprint density at radius 1 is 0.889 bits per heavy atom. The highest BCUT2D eigenvalue weighted by Gasteiger charge is 2.28. The Bertz CT molecular complexity index is 1250. The first-order valence-corrected chi connectivity index (χ1v) is 11.9. The van der Waals surface area contributed by atoms with Crippen LogP contribution in [0.5, 0.6) is 23.0 Å². The van der Waals surface area contributed by atoms with E-state index in [2.05, 4.69) is 47.4 Å². The van der Waals surface area contributed by atoms with E-state index in [0.717, 1.165) is 43.1 Å². The second kappa shape index (κ2) is 11.4. The molecule has 0 aromatic heterocycles. The lowest BCUT2D eigenvalue weighted by Crippen LogP contribution is -2.30. The van der Waals surface area contributed by atoms with Crippen molar-refractivity contribution in [2.45, 2.75) is 12.8 Å². The van der Waals surface area contributed by atoms with E-state index in [4.69, 9.17) is 23.9 Å². The molecule has 0 saturated carbocycles. The molecule has 2 aliphatic rings. The fourth-order valence-corrected chi connectivity index (χ4v) is 4.67. The summed E-state index contributed by atoms with van der Waals surface area (Å²) in [6, 6.07) is 20.8. The quantitative estimate of drug-likeness (QED) is 0.347. The molecule has 2 heterocycles. The number of fused-ring (bicyclic) bond motifs is 3. The van der Waals surface area contributed by atoms with Gasteiger partial charge in [0.1, 0.15) is 11.6 Å². The van der Waals surface area contributed by atoms with E-state index in [1.807, 2.05) is 24.3 Å². The molecule has 3 aromatic carbocycles. The van der Waals surface area contributed by atoms with Crippen molar-refractivity contribution in [2.75, 3.05) is 41.0 Å². The monoisotopic (exact) mass is 506 g/mol. The summed E-state index contributed by atoms with van der Waals surface area (Å²) in [5.74, 6) is 3.89. The van der Waals surface area contributed by atoms with E-state index in [0.29, 0.717) is 23.9 Å². The maximum Gasteiger partial charge on any atom is 0.203 e. The molecule has 0 amide bonds. The molecule has 0 N–H and O–H groups in total. The van der Waals surface area contributed by atoms with E-state index >= 15 is 0 Å². The Labute approximate surface area is 218 Å². The van der Waals surface area contributed by atoms with Gasteiger partial charge in [-0.25, -0.2) is 0 Å². The summed E-state index contributed by atoms with van der Waals surface area (Å²) in [4.78, 5) is 7.07. The predicted molar refractivity (Wildman–Crippen MR) is 146 cm³/mol. The number of hydrogen-bond donors (Lipinski definition) is 0. The van der Waals surface area contributed by atoms with Crippen LogP contribution in [0, 0.1) is 0 Å². The molecule has 7 heteroatoms. The van der Waals surface area contributed by atoms with Crippen LogP contribution in [-0.2, 0) is 6.42 Å². The van der Waals surface area contributed by atoms with Crippen LogP contribution in [0.4, 0.5) is 0 Å². The number of ether oxygens (including phenoxy) is 4. The highest BCUT2D eigenvalue weighted by atomic mass is 35.5. The lowest BCUT2D eigenvalue weighted by Gasteiger charge is -2.29. The van der Waals surface area contributed by atoms with Crippen molar-refractivity contribution in [2.24, 2.45) is 4.99 Å². The smallest absolute Gasteiger partial charge is 0.203 e. The fourth-order valence-electron chi connectivity index (χ4n) is 4.67. The number of benzene rings is 3. The van der Waals surface area contributed by atoms with Crippen LogP contribution in [0.3, 0.4) is 0 Å². The van der Waals surface area contributed by atoms with Crippen molar-refractivity contribution in [3.63, 3.8) is 0 Å². The van der Waals surface area contributed by atoms with Crippen LogP contribution in [0.2, 0.25) is 0 Å². The van der Waals surface area contributed by atoms with Gasteiger partial charge in [-0.05, 0) is 72.0 Å². The third-order valence-corrected chi connectivity index (χ3v) is 6.38. The molecule has 5 rings (SSSR count). The van der Waals surface area contributed by atoms with E-state index in [-0.39, 0.29) is 12.4 Å². The second-order valence-electron chi connectivity index (χ2n) is 8.48. The molecule has 0 spiro atoms. The Hall–Kier alpha value is -3.64. The van der Waals surface area contributed by atoms with E-state index < -0.39 is 0 Å². The van der Waals surface area contributed by atoms with Gasteiger partial charge in [0.15, 0.2) is 11.5 Å².